The van der Waals surface area contributed by atoms with Crippen LogP contribution >= 0.6 is 15.9 Å². The zero-order valence-electron chi connectivity index (χ0n) is 10.7. The van der Waals surface area contributed by atoms with E-state index in [2.05, 4.69) is 28.9 Å². The van der Waals surface area contributed by atoms with Gasteiger partial charge in [-0.3, -0.25) is 4.79 Å². The molecule has 0 saturated carbocycles. The quantitative estimate of drug-likeness (QED) is 0.708. The van der Waals surface area contributed by atoms with Crippen LogP contribution in [-0.2, 0) is 0 Å². The van der Waals surface area contributed by atoms with Gasteiger partial charge in [0.1, 0.15) is 0 Å². The number of benzene rings is 2. The third-order valence-corrected chi connectivity index (χ3v) is 3.75. The van der Waals surface area contributed by atoms with Gasteiger partial charge in [0.2, 0.25) is 0 Å². The van der Waals surface area contributed by atoms with E-state index in [-0.39, 0.29) is 11.7 Å². The number of carbonyl (C=O) groups is 1. The van der Waals surface area contributed by atoms with Crippen LogP contribution in [0.5, 0.6) is 0 Å². The van der Waals surface area contributed by atoms with Gasteiger partial charge in [0.25, 0.3) is 0 Å². The van der Waals surface area contributed by atoms with E-state index in [9.17, 15) is 4.79 Å². The molecule has 1 unspecified atom stereocenters. The maximum atomic E-state index is 12.2. The first kappa shape index (κ1) is 13.3. The van der Waals surface area contributed by atoms with E-state index >= 15 is 0 Å². The maximum absolute atomic E-state index is 12.2. The van der Waals surface area contributed by atoms with E-state index in [4.69, 9.17) is 0 Å². The highest BCUT2D eigenvalue weighted by atomic mass is 79.9. The smallest absolute Gasteiger partial charge is 0.165 e. The summed E-state index contributed by atoms with van der Waals surface area (Å²) < 4.78 is 1.06. The van der Waals surface area contributed by atoms with Crippen LogP contribution in [0.2, 0.25) is 0 Å². The van der Waals surface area contributed by atoms with Crippen LogP contribution in [0.25, 0.3) is 10.8 Å². The molecule has 0 heterocycles. The molecule has 0 bridgehead atoms. The van der Waals surface area contributed by atoms with Crippen molar-refractivity contribution in [3.8, 4) is 0 Å². The molecule has 0 saturated heterocycles. The molecule has 0 spiro atoms. The number of carbonyl (C=O) groups excluding carboxylic acids is 1. The van der Waals surface area contributed by atoms with Crippen molar-refractivity contribution in [1.82, 2.24) is 0 Å². The first-order chi connectivity index (χ1) is 8.61. The maximum Gasteiger partial charge on any atom is 0.165 e. The Morgan fingerprint density at radius 2 is 1.83 bits per heavy atom. The molecule has 2 heteroatoms. The van der Waals surface area contributed by atoms with Crippen molar-refractivity contribution in [3.63, 3.8) is 0 Å². The highest BCUT2D eigenvalue weighted by molar-refractivity contribution is 9.10. The summed E-state index contributed by atoms with van der Waals surface area (Å²) in [5.41, 5.74) is 0.825. The summed E-state index contributed by atoms with van der Waals surface area (Å²) in [7, 11) is 0. The number of hydrogen-bond acceptors (Lipinski definition) is 1. The summed E-state index contributed by atoms with van der Waals surface area (Å²) in [5, 5.41) is 2.27. The Bertz CT molecular complexity index is 574. The molecule has 0 amide bonds. The summed E-state index contributed by atoms with van der Waals surface area (Å²) in [5.74, 6) is 0.365. The molecule has 1 atom stereocenters. The third kappa shape index (κ3) is 2.81. The van der Waals surface area contributed by atoms with Crippen molar-refractivity contribution >= 4 is 32.5 Å². The Morgan fingerprint density at radius 1 is 1.17 bits per heavy atom. The fraction of sp³-hybridized carbons (Fsp3) is 0.312. The molecule has 0 fully saturated rings. The normalized spacial score (nSPS) is 12.6. The van der Waals surface area contributed by atoms with Gasteiger partial charge in [-0.05, 0) is 35.4 Å². The molecule has 0 aliphatic rings. The minimum absolute atomic E-state index is 0.114. The van der Waals surface area contributed by atoms with E-state index < -0.39 is 0 Å². The number of rotatable bonds is 4. The second-order valence-electron chi connectivity index (χ2n) is 4.76. The van der Waals surface area contributed by atoms with Crippen LogP contribution in [0.3, 0.4) is 0 Å². The van der Waals surface area contributed by atoms with Crippen LogP contribution in [0.4, 0.5) is 0 Å². The summed E-state index contributed by atoms with van der Waals surface area (Å²) in [6.45, 7) is 4.12. The van der Waals surface area contributed by atoms with Crippen LogP contribution in [-0.4, -0.2) is 5.78 Å². The zero-order chi connectivity index (χ0) is 13.1. The van der Waals surface area contributed by atoms with Crippen LogP contribution in [0, 0.1) is 5.92 Å². The van der Waals surface area contributed by atoms with Crippen molar-refractivity contribution in [1.29, 1.82) is 0 Å². The number of ketones is 1. The van der Waals surface area contributed by atoms with Gasteiger partial charge in [-0.25, -0.2) is 0 Å². The Hall–Kier alpha value is -1.15. The molecule has 18 heavy (non-hydrogen) atoms. The first-order valence-electron chi connectivity index (χ1n) is 6.35. The fourth-order valence-electron chi connectivity index (χ4n) is 2.22. The second-order valence-corrected chi connectivity index (χ2v) is 5.68. The van der Waals surface area contributed by atoms with Gasteiger partial charge in [-0.15, -0.1) is 0 Å². The summed E-state index contributed by atoms with van der Waals surface area (Å²) in [4.78, 5) is 12.2. The average molecular weight is 305 g/mol. The van der Waals surface area contributed by atoms with E-state index in [1.54, 1.807) is 0 Å². The molecule has 0 N–H and O–H groups in total. The Kier molecular flexibility index (Phi) is 4.18. The van der Waals surface area contributed by atoms with Crippen molar-refractivity contribution in [2.24, 2.45) is 5.92 Å². The minimum atomic E-state index is 0.114. The Balaban J connectivity index is 2.35. The first-order valence-corrected chi connectivity index (χ1v) is 7.14. The molecule has 2 rings (SSSR count). The molecule has 94 valence electrons. The van der Waals surface area contributed by atoms with Crippen LogP contribution < -0.4 is 0 Å². The molecule has 0 aromatic heterocycles. The predicted octanol–water partition coefficient (Wildman–Crippen LogP) is 5.22. The number of hydrogen-bond donors (Lipinski definition) is 0. The lowest BCUT2D eigenvalue weighted by Crippen LogP contribution is -2.10. The van der Waals surface area contributed by atoms with E-state index in [1.807, 2.05) is 37.3 Å². The summed E-state index contributed by atoms with van der Waals surface area (Å²) in [6.07, 6.45) is 2.00. The molecule has 1 nitrogen and oxygen atoms in total. The molecule has 0 radical (unpaired) electrons. The molecular formula is C16H17BrO. The average Bonchev–Trinajstić information content (AvgIpc) is 2.37. The predicted molar refractivity (Wildman–Crippen MR) is 80.1 cm³/mol. The highest BCUT2D eigenvalue weighted by Crippen LogP contribution is 2.23. The molecule has 2 aromatic carbocycles. The van der Waals surface area contributed by atoms with Gasteiger partial charge in [0.15, 0.2) is 5.78 Å². The van der Waals surface area contributed by atoms with Gasteiger partial charge >= 0.3 is 0 Å². The zero-order valence-corrected chi connectivity index (χ0v) is 12.3. The lowest BCUT2D eigenvalue weighted by molar-refractivity contribution is 0.0923. The number of halogens is 1. The second kappa shape index (κ2) is 5.66. The van der Waals surface area contributed by atoms with Crippen molar-refractivity contribution < 1.29 is 4.79 Å². The van der Waals surface area contributed by atoms with E-state index in [0.29, 0.717) is 0 Å². The van der Waals surface area contributed by atoms with Crippen molar-refractivity contribution in [2.45, 2.75) is 26.7 Å². The third-order valence-electron chi connectivity index (χ3n) is 3.26. The Labute approximate surface area is 116 Å². The molecular weight excluding hydrogens is 288 g/mol. The molecule has 0 aliphatic heterocycles. The van der Waals surface area contributed by atoms with E-state index in [0.717, 1.165) is 33.7 Å². The Morgan fingerprint density at radius 3 is 2.56 bits per heavy atom. The van der Waals surface area contributed by atoms with Gasteiger partial charge in [0.05, 0.1) is 0 Å². The van der Waals surface area contributed by atoms with Gasteiger partial charge in [-0.2, -0.15) is 0 Å². The minimum Gasteiger partial charge on any atom is -0.294 e. The lowest BCUT2D eigenvalue weighted by Gasteiger charge is -2.09. The molecule has 0 aliphatic carbocycles. The largest absolute Gasteiger partial charge is 0.294 e. The van der Waals surface area contributed by atoms with Gasteiger partial charge < -0.3 is 0 Å². The van der Waals surface area contributed by atoms with Crippen LogP contribution in [0.15, 0.2) is 40.9 Å². The SMILES string of the molecule is CCCC(C)C(=O)c1ccc2cc(Br)ccc2c1. The van der Waals surface area contributed by atoms with Gasteiger partial charge in [0, 0.05) is 16.0 Å². The standard InChI is InChI=1S/C16H17BrO/c1-3-4-11(2)16(18)14-6-5-13-10-15(17)8-7-12(13)9-14/h5-11H,3-4H2,1-2H3. The summed E-state index contributed by atoms with van der Waals surface area (Å²) >= 11 is 3.46. The number of fused-ring (bicyclic) bond motifs is 1. The fourth-order valence-corrected chi connectivity index (χ4v) is 2.60. The van der Waals surface area contributed by atoms with Crippen molar-refractivity contribution in [3.05, 3.63) is 46.4 Å². The highest BCUT2D eigenvalue weighted by Gasteiger charge is 2.14. The summed E-state index contributed by atoms with van der Waals surface area (Å²) in [6, 6.07) is 12.1. The number of Topliss-reactive ketones (excluding diaryl/α,β-unsaturated/α-hetero) is 1. The lowest BCUT2D eigenvalue weighted by atomic mass is 9.94. The monoisotopic (exact) mass is 304 g/mol. The van der Waals surface area contributed by atoms with Gasteiger partial charge in [-0.1, -0.05) is 54.4 Å². The molecule has 2 aromatic rings. The van der Waals surface area contributed by atoms with Crippen molar-refractivity contribution in [2.75, 3.05) is 0 Å². The topological polar surface area (TPSA) is 17.1 Å². The van der Waals surface area contributed by atoms with Crippen LogP contribution in [0.1, 0.15) is 37.0 Å². The van der Waals surface area contributed by atoms with E-state index in [1.165, 1.54) is 0 Å².